The normalized spacial score (nSPS) is 10.0. The minimum atomic E-state index is 0.949. The van der Waals surface area contributed by atoms with Crippen molar-refractivity contribution in [2.45, 2.75) is 0 Å². The fourth-order valence-corrected chi connectivity index (χ4v) is 2.79. The molecule has 0 aliphatic heterocycles. The van der Waals surface area contributed by atoms with Crippen molar-refractivity contribution in [3.63, 3.8) is 0 Å². The molecule has 0 radical (unpaired) electrons. The molecule has 0 spiro atoms. The Morgan fingerprint density at radius 2 is 1.07 bits per heavy atom. The highest BCUT2D eigenvalue weighted by molar-refractivity contribution is 5.80. The van der Waals surface area contributed by atoms with Crippen LogP contribution in [0, 0.1) is 0 Å². The lowest BCUT2D eigenvalue weighted by atomic mass is 10.2. The van der Waals surface area contributed by atoms with E-state index in [-0.39, 0.29) is 0 Å². The van der Waals surface area contributed by atoms with Gasteiger partial charge in [0.1, 0.15) is 6.33 Å². The van der Waals surface area contributed by atoms with Gasteiger partial charge in [0.05, 0.1) is 29.6 Å². The van der Waals surface area contributed by atoms with Crippen LogP contribution in [0.5, 0.6) is 0 Å². The molecule has 3 heterocycles. The van der Waals surface area contributed by atoms with Crippen LogP contribution < -0.4 is 0 Å². The fourth-order valence-electron chi connectivity index (χ4n) is 2.79. The third-order valence-corrected chi connectivity index (χ3v) is 4.29. The van der Waals surface area contributed by atoms with Crippen molar-refractivity contribution in [2.24, 2.45) is 0 Å². The van der Waals surface area contributed by atoms with Crippen molar-refractivity contribution in [1.29, 1.82) is 0 Å². The van der Waals surface area contributed by atoms with E-state index in [1.807, 2.05) is 85.1 Å². The van der Waals surface area contributed by atoms with Crippen LogP contribution in [0.3, 0.4) is 0 Å². The molecule has 0 amide bonds. The summed E-state index contributed by atoms with van der Waals surface area (Å²) in [6.07, 6.45) is 8.58. The van der Waals surface area contributed by atoms with Crippen LogP contribution in [0.2, 0.25) is 0 Å². The Morgan fingerprint density at radius 1 is 0.467 bits per heavy atom. The number of nitrogens with zero attached hydrogens (tertiary/aromatic N) is 6. The van der Waals surface area contributed by atoms with Crippen molar-refractivity contribution < 1.29 is 0 Å². The molecule has 0 bridgehead atoms. The number of rotatable bonds is 0. The number of hydrogen-bond acceptors (Lipinski definition) is 6. The Morgan fingerprint density at radius 3 is 1.73 bits per heavy atom. The summed E-state index contributed by atoms with van der Waals surface area (Å²) in [6.45, 7) is 0. The van der Waals surface area contributed by atoms with Crippen molar-refractivity contribution in [2.75, 3.05) is 0 Å². The minimum absolute atomic E-state index is 0.949. The second kappa shape index (κ2) is 9.75. The molecule has 0 atom stereocenters. The molecule has 0 saturated heterocycles. The molecule has 30 heavy (non-hydrogen) atoms. The Balaban J connectivity index is 0.000000109. The molecule has 0 aliphatic rings. The van der Waals surface area contributed by atoms with Gasteiger partial charge in [-0.2, -0.15) is 20.4 Å². The third kappa shape index (κ3) is 4.94. The lowest BCUT2D eigenvalue weighted by Crippen LogP contribution is -1.79. The van der Waals surface area contributed by atoms with Crippen molar-refractivity contribution in [3.05, 3.63) is 110 Å². The second-order valence-electron chi connectivity index (χ2n) is 6.29. The van der Waals surface area contributed by atoms with Crippen LogP contribution in [0.4, 0.5) is 0 Å². The van der Waals surface area contributed by atoms with E-state index in [2.05, 4.69) is 30.4 Å². The maximum atomic E-state index is 4.07. The van der Waals surface area contributed by atoms with E-state index in [1.165, 1.54) is 0 Å². The van der Waals surface area contributed by atoms with Crippen LogP contribution in [0.25, 0.3) is 32.6 Å². The highest BCUT2D eigenvalue weighted by Gasteiger charge is 1.89. The summed E-state index contributed by atoms with van der Waals surface area (Å²) in [4.78, 5) is 7.97. The van der Waals surface area contributed by atoms with Gasteiger partial charge in [-0.05, 0) is 18.2 Å². The number of fused-ring (bicyclic) bond motifs is 3. The molecular weight excluding hydrogens is 372 g/mol. The molecule has 3 aromatic carbocycles. The van der Waals surface area contributed by atoms with E-state index in [4.69, 9.17) is 0 Å². The molecule has 144 valence electrons. The van der Waals surface area contributed by atoms with Gasteiger partial charge in [-0.1, -0.05) is 60.7 Å². The monoisotopic (exact) mass is 390 g/mol. The van der Waals surface area contributed by atoms with E-state index in [0.717, 1.165) is 32.6 Å². The standard InChI is InChI=1S/3C8H6N2/c1-2-4-8-7(3-1)5-9-6-10-8;1-2-4-8-6-10-9-5-7(8)3-1;1-2-4-8-7(3-1)5-6-9-10-8/h3*1-6H. The Kier molecular flexibility index (Phi) is 6.18. The molecule has 6 heteroatoms. The van der Waals surface area contributed by atoms with Gasteiger partial charge in [-0.25, -0.2) is 9.97 Å². The van der Waals surface area contributed by atoms with E-state index in [9.17, 15) is 0 Å². The van der Waals surface area contributed by atoms with Gasteiger partial charge in [0, 0.05) is 27.7 Å². The maximum absolute atomic E-state index is 4.07. The van der Waals surface area contributed by atoms with Gasteiger partial charge in [0.2, 0.25) is 0 Å². The summed E-state index contributed by atoms with van der Waals surface area (Å²) in [7, 11) is 0. The summed E-state index contributed by atoms with van der Waals surface area (Å²) >= 11 is 0. The van der Waals surface area contributed by atoms with Gasteiger partial charge < -0.3 is 0 Å². The van der Waals surface area contributed by atoms with Crippen LogP contribution in [-0.2, 0) is 0 Å². The highest BCUT2D eigenvalue weighted by atomic mass is 15.1. The second-order valence-corrected chi connectivity index (χ2v) is 6.29. The Hall–Kier alpha value is -4.32. The predicted octanol–water partition coefficient (Wildman–Crippen LogP) is 4.89. The smallest absolute Gasteiger partial charge is 0.116 e. The lowest BCUT2D eigenvalue weighted by molar-refractivity contribution is 1.05. The first kappa shape index (κ1) is 19.0. The first-order chi connectivity index (χ1) is 14.9. The maximum Gasteiger partial charge on any atom is 0.116 e. The summed E-state index contributed by atoms with van der Waals surface area (Å²) in [5, 5.41) is 19.7. The average molecular weight is 390 g/mol. The third-order valence-electron chi connectivity index (χ3n) is 4.29. The van der Waals surface area contributed by atoms with Crippen LogP contribution >= 0.6 is 0 Å². The van der Waals surface area contributed by atoms with Gasteiger partial charge in [-0.3, -0.25) is 0 Å². The van der Waals surface area contributed by atoms with Crippen LogP contribution in [0.1, 0.15) is 0 Å². The highest BCUT2D eigenvalue weighted by Crippen LogP contribution is 2.08. The van der Waals surface area contributed by atoms with Gasteiger partial charge in [0.15, 0.2) is 0 Å². The molecule has 0 unspecified atom stereocenters. The fraction of sp³-hybridized carbons (Fsp3) is 0. The zero-order valence-corrected chi connectivity index (χ0v) is 16.1. The average Bonchev–Trinajstić information content (AvgIpc) is 2.85. The first-order valence-electron chi connectivity index (χ1n) is 9.37. The van der Waals surface area contributed by atoms with E-state index < -0.39 is 0 Å². The quantitative estimate of drug-likeness (QED) is 0.367. The molecule has 0 aliphatic carbocycles. The van der Waals surface area contributed by atoms with Gasteiger partial charge in [-0.15, -0.1) is 0 Å². The topological polar surface area (TPSA) is 77.3 Å². The molecule has 3 aromatic heterocycles. The summed E-state index contributed by atoms with van der Waals surface area (Å²) in [5.74, 6) is 0. The first-order valence-corrected chi connectivity index (χ1v) is 9.37. The van der Waals surface area contributed by atoms with E-state index in [1.54, 1.807) is 24.9 Å². The largest absolute Gasteiger partial charge is 0.244 e. The molecule has 0 saturated carbocycles. The molecule has 0 fully saturated rings. The van der Waals surface area contributed by atoms with Crippen molar-refractivity contribution in [3.8, 4) is 0 Å². The molecular formula is C24H18N6. The zero-order valence-electron chi connectivity index (χ0n) is 16.1. The SMILES string of the molecule is c1ccc2cnncc2c1.c1ccc2ncncc2c1.c1ccc2nnccc2c1. The van der Waals surface area contributed by atoms with E-state index >= 15 is 0 Å². The minimum Gasteiger partial charge on any atom is -0.244 e. The number of benzene rings is 3. The molecule has 6 nitrogen and oxygen atoms in total. The molecule has 0 N–H and O–H groups in total. The molecule has 6 aromatic rings. The summed E-state index contributed by atoms with van der Waals surface area (Å²) in [5.41, 5.74) is 1.95. The Bertz CT molecular complexity index is 1000. The zero-order chi connectivity index (χ0) is 20.4. The molecule has 6 rings (SSSR count). The lowest BCUT2D eigenvalue weighted by Gasteiger charge is -1.90. The summed E-state index contributed by atoms with van der Waals surface area (Å²) in [6, 6.07) is 25.8. The van der Waals surface area contributed by atoms with Crippen LogP contribution in [-0.4, -0.2) is 30.4 Å². The predicted molar refractivity (Wildman–Crippen MR) is 119 cm³/mol. The summed E-state index contributed by atoms with van der Waals surface area (Å²) < 4.78 is 0. The van der Waals surface area contributed by atoms with Crippen LogP contribution in [0.15, 0.2) is 110 Å². The number of aromatic nitrogens is 6. The van der Waals surface area contributed by atoms with E-state index in [0.29, 0.717) is 0 Å². The van der Waals surface area contributed by atoms with Gasteiger partial charge >= 0.3 is 0 Å². The van der Waals surface area contributed by atoms with Gasteiger partial charge in [0.25, 0.3) is 0 Å². The van der Waals surface area contributed by atoms with Crippen molar-refractivity contribution in [1.82, 2.24) is 30.4 Å². The van der Waals surface area contributed by atoms with Crippen molar-refractivity contribution >= 4 is 32.6 Å². The number of hydrogen-bond donors (Lipinski definition) is 0. The number of para-hydroxylation sites is 1. The Labute approximate surface area is 173 Å².